The molecule has 0 unspecified atom stereocenters. The topological polar surface area (TPSA) is 76.3 Å². The van der Waals surface area contributed by atoms with Crippen molar-refractivity contribution in [1.82, 2.24) is 10.1 Å². The highest BCUT2D eigenvalue weighted by Gasteiger charge is 2.29. The fourth-order valence-electron chi connectivity index (χ4n) is 3.40. The van der Waals surface area contributed by atoms with E-state index in [4.69, 9.17) is 4.52 Å². The minimum absolute atomic E-state index is 0.149. The van der Waals surface area contributed by atoms with Crippen molar-refractivity contribution in [2.24, 2.45) is 0 Å². The van der Waals surface area contributed by atoms with Crippen molar-refractivity contribution in [3.63, 3.8) is 0 Å². The van der Waals surface area contributed by atoms with E-state index in [9.17, 15) is 8.42 Å². The number of rotatable bonds is 6. The van der Waals surface area contributed by atoms with Gasteiger partial charge in [-0.15, -0.1) is 11.3 Å². The van der Waals surface area contributed by atoms with Crippen LogP contribution in [0.3, 0.4) is 0 Å². The van der Waals surface area contributed by atoms with E-state index >= 15 is 0 Å². The Balaban J connectivity index is 1.69. The number of sulfonamides is 1. The SMILES string of the molecule is CCc1ccc(-c2noc(-c3sccc3S(=O)(=O)N(C)c3cc(C)cc(C)c3)n2)cc1. The van der Waals surface area contributed by atoms with Crippen molar-refractivity contribution >= 4 is 27.0 Å². The third-order valence-electron chi connectivity index (χ3n) is 5.08. The molecule has 8 heteroatoms. The standard InChI is InChI=1S/C23H23N3O3S2/c1-5-17-6-8-18(9-7-17)22-24-23(29-25-22)21-20(10-11-30-21)31(27,28)26(4)19-13-15(2)12-16(3)14-19/h6-14H,5H2,1-4H3. The number of nitrogens with zero attached hydrogens (tertiary/aromatic N) is 3. The maximum atomic E-state index is 13.4. The molecule has 0 spiro atoms. The van der Waals surface area contributed by atoms with Gasteiger partial charge in [0, 0.05) is 12.6 Å². The van der Waals surface area contributed by atoms with Gasteiger partial charge in [-0.1, -0.05) is 42.4 Å². The number of thiophene rings is 1. The number of hydrogen-bond acceptors (Lipinski definition) is 6. The van der Waals surface area contributed by atoms with E-state index in [1.807, 2.05) is 56.3 Å². The van der Waals surface area contributed by atoms with E-state index in [2.05, 4.69) is 17.1 Å². The number of aromatic nitrogens is 2. The molecule has 0 amide bonds. The highest BCUT2D eigenvalue weighted by atomic mass is 32.2. The lowest BCUT2D eigenvalue weighted by molar-refractivity contribution is 0.432. The summed E-state index contributed by atoms with van der Waals surface area (Å²) in [6.45, 7) is 5.98. The Morgan fingerprint density at radius 2 is 1.71 bits per heavy atom. The summed E-state index contributed by atoms with van der Waals surface area (Å²) in [6, 6.07) is 15.2. The molecule has 4 aromatic rings. The van der Waals surface area contributed by atoms with Crippen LogP contribution in [0.4, 0.5) is 5.69 Å². The normalized spacial score (nSPS) is 11.6. The van der Waals surface area contributed by atoms with E-state index in [1.165, 1.54) is 21.2 Å². The molecule has 31 heavy (non-hydrogen) atoms. The van der Waals surface area contributed by atoms with Gasteiger partial charge in [-0.25, -0.2) is 8.42 Å². The van der Waals surface area contributed by atoms with Gasteiger partial charge in [-0.05, 0) is 60.5 Å². The Kier molecular flexibility index (Phi) is 5.68. The van der Waals surface area contributed by atoms with Crippen LogP contribution >= 0.6 is 11.3 Å². The van der Waals surface area contributed by atoms with Gasteiger partial charge >= 0.3 is 0 Å². The van der Waals surface area contributed by atoms with Crippen molar-refractivity contribution in [3.8, 4) is 22.2 Å². The van der Waals surface area contributed by atoms with Crippen LogP contribution in [0.2, 0.25) is 0 Å². The predicted octanol–water partition coefficient (Wildman–Crippen LogP) is 5.47. The molecule has 6 nitrogen and oxygen atoms in total. The van der Waals surface area contributed by atoms with Crippen molar-refractivity contribution in [1.29, 1.82) is 0 Å². The van der Waals surface area contributed by atoms with Gasteiger partial charge in [0.2, 0.25) is 5.82 Å². The van der Waals surface area contributed by atoms with Crippen LogP contribution in [0.25, 0.3) is 22.2 Å². The molecule has 0 atom stereocenters. The summed E-state index contributed by atoms with van der Waals surface area (Å²) in [5.41, 5.74) is 4.64. The second kappa shape index (κ2) is 8.28. The second-order valence-electron chi connectivity index (χ2n) is 7.41. The van der Waals surface area contributed by atoms with Crippen LogP contribution in [-0.4, -0.2) is 25.6 Å². The third-order valence-corrected chi connectivity index (χ3v) is 7.94. The summed E-state index contributed by atoms with van der Waals surface area (Å²) in [4.78, 5) is 5.04. The Labute approximate surface area is 186 Å². The lowest BCUT2D eigenvalue weighted by Gasteiger charge is -2.20. The zero-order chi connectivity index (χ0) is 22.2. The lowest BCUT2D eigenvalue weighted by Crippen LogP contribution is -2.26. The first-order chi connectivity index (χ1) is 14.8. The Morgan fingerprint density at radius 3 is 2.35 bits per heavy atom. The molecule has 0 bridgehead atoms. The van der Waals surface area contributed by atoms with E-state index in [1.54, 1.807) is 18.5 Å². The zero-order valence-corrected chi connectivity index (χ0v) is 19.4. The first-order valence-electron chi connectivity index (χ1n) is 9.87. The fourth-order valence-corrected chi connectivity index (χ4v) is 5.89. The van der Waals surface area contributed by atoms with Crippen LogP contribution in [0.1, 0.15) is 23.6 Å². The summed E-state index contributed by atoms with van der Waals surface area (Å²) < 4.78 is 33.5. The van der Waals surface area contributed by atoms with Gasteiger partial charge < -0.3 is 4.52 Å². The molecule has 0 aliphatic carbocycles. The summed E-state index contributed by atoms with van der Waals surface area (Å²) >= 11 is 1.26. The van der Waals surface area contributed by atoms with Gasteiger partial charge in [0.1, 0.15) is 9.77 Å². The molecular formula is C23H23N3O3S2. The second-order valence-corrected chi connectivity index (χ2v) is 10.3. The smallest absolute Gasteiger partial charge is 0.269 e. The third kappa shape index (κ3) is 4.13. The molecule has 4 rings (SSSR count). The van der Waals surface area contributed by atoms with Gasteiger partial charge in [0.15, 0.2) is 0 Å². The first-order valence-corrected chi connectivity index (χ1v) is 12.2. The monoisotopic (exact) mass is 453 g/mol. The molecule has 0 aliphatic rings. The van der Waals surface area contributed by atoms with Crippen LogP contribution in [-0.2, 0) is 16.4 Å². The van der Waals surface area contributed by atoms with Gasteiger partial charge in [0.25, 0.3) is 15.9 Å². The van der Waals surface area contributed by atoms with Crippen LogP contribution < -0.4 is 4.31 Å². The maximum absolute atomic E-state index is 13.4. The highest BCUT2D eigenvalue weighted by molar-refractivity contribution is 7.93. The zero-order valence-electron chi connectivity index (χ0n) is 17.8. The van der Waals surface area contributed by atoms with Crippen LogP contribution in [0.5, 0.6) is 0 Å². The van der Waals surface area contributed by atoms with Gasteiger partial charge in [-0.2, -0.15) is 4.98 Å². The summed E-state index contributed by atoms with van der Waals surface area (Å²) in [7, 11) is -2.25. The molecule has 0 radical (unpaired) electrons. The maximum Gasteiger partial charge on any atom is 0.269 e. The Morgan fingerprint density at radius 1 is 1.03 bits per heavy atom. The molecule has 0 aliphatic heterocycles. The summed E-state index contributed by atoms with van der Waals surface area (Å²) in [6.07, 6.45) is 0.947. The van der Waals surface area contributed by atoms with Crippen molar-refractivity contribution in [2.45, 2.75) is 32.1 Å². The van der Waals surface area contributed by atoms with E-state index in [-0.39, 0.29) is 10.8 Å². The average Bonchev–Trinajstić information content (AvgIpc) is 3.42. The van der Waals surface area contributed by atoms with E-state index < -0.39 is 10.0 Å². The summed E-state index contributed by atoms with van der Waals surface area (Å²) in [5, 5.41) is 5.78. The minimum atomic E-state index is -3.81. The lowest BCUT2D eigenvalue weighted by atomic mass is 10.1. The summed E-state index contributed by atoms with van der Waals surface area (Å²) in [5.74, 6) is 0.619. The van der Waals surface area contributed by atoms with Crippen molar-refractivity contribution < 1.29 is 12.9 Å². The largest absolute Gasteiger partial charge is 0.333 e. The molecule has 2 heterocycles. The Hall–Kier alpha value is -2.97. The minimum Gasteiger partial charge on any atom is -0.333 e. The molecule has 2 aromatic heterocycles. The number of benzene rings is 2. The van der Waals surface area contributed by atoms with Crippen molar-refractivity contribution in [3.05, 3.63) is 70.6 Å². The molecule has 0 fully saturated rings. The molecular weight excluding hydrogens is 430 g/mol. The number of hydrogen-bond donors (Lipinski definition) is 0. The van der Waals surface area contributed by atoms with Gasteiger partial charge in [0.05, 0.1) is 5.69 Å². The molecule has 2 aromatic carbocycles. The highest BCUT2D eigenvalue weighted by Crippen LogP contribution is 2.35. The molecule has 160 valence electrons. The first kappa shape index (κ1) is 21.3. The molecule has 0 saturated heterocycles. The Bertz CT molecular complexity index is 1300. The number of anilines is 1. The molecule has 0 N–H and O–H groups in total. The van der Waals surface area contributed by atoms with Crippen LogP contribution in [0, 0.1) is 13.8 Å². The molecule has 0 saturated carbocycles. The average molecular weight is 454 g/mol. The fraction of sp³-hybridized carbons (Fsp3) is 0.217. The van der Waals surface area contributed by atoms with Crippen LogP contribution in [0.15, 0.2) is 63.3 Å². The predicted molar refractivity (Wildman–Crippen MR) is 124 cm³/mol. The van der Waals surface area contributed by atoms with E-state index in [0.717, 1.165) is 23.1 Å². The number of aryl methyl sites for hydroxylation is 3. The van der Waals surface area contributed by atoms with E-state index in [0.29, 0.717) is 16.4 Å². The van der Waals surface area contributed by atoms with Gasteiger partial charge in [-0.3, -0.25) is 4.31 Å². The quantitative estimate of drug-likeness (QED) is 0.387. The van der Waals surface area contributed by atoms with Crippen molar-refractivity contribution in [2.75, 3.05) is 11.4 Å².